The molecule has 1 aliphatic carbocycles. The molecule has 2 unspecified atom stereocenters. The molecular formula is C13H16Cl2N2O3. The second kappa shape index (κ2) is 6.61. The quantitative estimate of drug-likeness (QED) is 0.520. The van der Waals surface area contributed by atoms with E-state index in [1.165, 1.54) is 12.1 Å². The van der Waals surface area contributed by atoms with Crippen LogP contribution in [-0.4, -0.2) is 17.1 Å². The highest BCUT2D eigenvalue weighted by atomic mass is 35.5. The predicted octanol–water partition coefficient (Wildman–Crippen LogP) is 3.94. The van der Waals surface area contributed by atoms with E-state index in [0.29, 0.717) is 0 Å². The fourth-order valence-electron chi connectivity index (χ4n) is 2.36. The van der Waals surface area contributed by atoms with E-state index in [0.717, 1.165) is 32.1 Å². The van der Waals surface area contributed by atoms with Gasteiger partial charge in [-0.3, -0.25) is 10.1 Å². The number of rotatable bonds is 3. The topological polar surface area (TPSA) is 78.4 Å². The van der Waals surface area contributed by atoms with E-state index in [2.05, 4.69) is 0 Å². The van der Waals surface area contributed by atoms with E-state index >= 15 is 0 Å². The number of non-ortho nitro benzene ring substituents is 1. The van der Waals surface area contributed by atoms with Crippen LogP contribution in [0.1, 0.15) is 32.1 Å². The fourth-order valence-corrected chi connectivity index (χ4v) is 2.93. The second-order valence-electron chi connectivity index (χ2n) is 4.95. The van der Waals surface area contributed by atoms with E-state index in [-0.39, 0.29) is 33.6 Å². The van der Waals surface area contributed by atoms with Crippen molar-refractivity contribution in [3.8, 4) is 5.75 Å². The van der Waals surface area contributed by atoms with Crippen LogP contribution in [0.2, 0.25) is 10.0 Å². The van der Waals surface area contributed by atoms with Crippen LogP contribution in [0.3, 0.4) is 0 Å². The van der Waals surface area contributed by atoms with Gasteiger partial charge < -0.3 is 10.5 Å². The molecule has 2 rings (SSSR count). The molecule has 1 aromatic rings. The number of nitro benzene ring substituents is 1. The van der Waals surface area contributed by atoms with Gasteiger partial charge in [-0.2, -0.15) is 0 Å². The number of nitro groups is 1. The molecule has 2 N–H and O–H groups in total. The Morgan fingerprint density at radius 3 is 2.40 bits per heavy atom. The van der Waals surface area contributed by atoms with Crippen LogP contribution >= 0.6 is 23.2 Å². The number of ether oxygens (including phenoxy) is 1. The van der Waals surface area contributed by atoms with Gasteiger partial charge in [0.25, 0.3) is 5.69 Å². The maximum atomic E-state index is 10.7. The summed E-state index contributed by atoms with van der Waals surface area (Å²) in [5, 5.41) is 11.0. The molecule has 20 heavy (non-hydrogen) atoms. The minimum atomic E-state index is -0.543. The van der Waals surface area contributed by atoms with Gasteiger partial charge in [-0.25, -0.2) is 0 Å². The molecule has 0 heterocycles. The Hall–Kier alpha value is -1.04. The Kier molecular flexibility index (Phi) is 5.07. The number of halogens is 2. The van der Waals surface area contributed by atoms with Gasteiger partial charge in [-0.15, -0.1) is 0 Å². The largest absolute Gasteiger partial charge is 0.486 e. The lowest BCUT2D eigenvalue weighted by Gasteiger charge is -2.24. The molecule has 0 aliphatic heterocycles. The van der Waals surface area contributed by atoms with Gasteiger partial charge in [-0.1, -0.05) is 36.0 Å². The number of nitrogens with zero attached hydrogens (tertiary/aromatic N) is 1. The number of nitrogens with two attached hydrogens (primary N) is 1. The average molecular weight is 319 g/mol. The third-order valence-corrected chi connectivity index (χ3v) is 4.03. The molecule has 1 aromatic carbocycles. The van der Waals surface area contributed by atoms with Gasteiger partial charge in [0.1, 0.15) is 6.10 Å². The summed E-state index contributed by atoms with van der Waals surface area (Å²) >= 11 is 12.1. The molecule has 7 heteroatoms. The summed E-state index contributed by atoms with van der Waals surface area (Å²) in [6.45, 7) is 0. The van der Waals surface area contributed by atoms with Gasteiger partial charge in [0.15, 0.2) is 5.75 Å². The highest BCUT2D eigenvalue weighted by Crippen LogP contribution is 2.38. The lowest BCUT2D eigenvalue weighted by Crippen LogP contribution is -2.38. The van der Waals surface area contributed by atoms with Crippen LogP contribution in [0, 0.1) is 10.1 Å². The molecule has 2 atom stereocenters. The summed E-state index contributed by atoms with van der Waals surface area (Å²) in [4.78, 5) is 10.2. The van der Waals surface area contributed by atoms with E-state index < -0.39 is 4.92 Å². The fraction of sp³-hybridized carbons (Fsp3) is 0.538. The minimum Gasteiger partial charge on any atom is -0.486 e. The SMILES string of the molecule is NC1CCCCCC1Oc1c(Cl)cc([N+](=O)[O-])cc1Cl. The monoisotopic (exact) mass is 318 g/mol. The van der Waals surface area contributed by atoms with Crippen LogP contribution in [0.25, 0.3) is 0 Å². The Balaban J connectivity index is 2.22. The summed E-state index contributed by atoms with van der Waals surface area (Å²) in [6.07, 6.45) is 4.84. The normalized spacial score (nSPS) is 23.1. The summed E-state index contributed by atoms with van der Waals surface area (Å²) in [6, 6.07) is 2.41. The molecule has 110 valence electrons. The Morgan fingerprint density at radius 2 is 1.80 bits per heavy atom. The Labute approximate surface area is 127 Å². The second-order valence-corrected chi connectivity index (χ2v) is 5.77. The molecule has 0 radical (unpaired) electrons. The van der Waals surface area contributed by atoms with Gasteiger partial charge in [0.05, 0.1) is 15.0 Å². The Bertz CT molecular complexity index is 487. The first-order chi connectivity index (χ1) is 9.49. The summed E-state index contributed by atoms with van der Waals surface area (Å²) in [7, 11) is 0. The maximum Gasteiger partial charge on any atom is 0.272 e. The highest BCUT2D eigenvalue weighted by Gasteiger charge is 2.25. The van der Waals surface area contributed by atoms with Crippen LogP contribution < -0.4 is 10.5 Å². The van der Waals surface area contributed by atoms with Crippen molar-refractivity contribution in [3.63, 3.8) is 0 Å². The van der Waals surface area contributed by atoms with Crippen molar-refractivity contribution in [1.29, 1.82) is 0 Å². The van der Waals surface area contributed by atoms with Gasteiger partial charge in [0, 0.05) is 18.2 Å². The number of hydrogen-bond donors (Lipinski definition) is 1. The lowest BCUT2D eigenvalue weighted by atomic mass is 10.1. The molecular weight excluding hydrogens is 303 g/mol. The van der Waals surface area contributed by atoms with Crippen molar-refractivity contribution in [2.45, 2.75) is 44.2 Å². The van der Waals surface area contributed by atoms with Crippen molar-refractivity contribution in [3.05, 3.63) is 32.3 Å². The maximum absolute atomic E-state index is 10.7. The number of hydrogen-bond acceptors (Lipinski definition) is 4. The molecule has 0 aromatic heterocycles. The molecule has 0 saturated heterocycles. The van der Waals surface area contributed by atoms with Crippen molar-refractivity contribution >= 4 is 28.9 Å². The van der Waals surface area contributed by atoms with Crippen molar-refractivity contribution in [2.75, 3.05) is 0 Å². The molecule has 1 aliphatic rings. The number of benzene rings is 1. The van der Waals surface area contributed by atoms with E-state index in [4.69, 9.17) is 33.7 Å². The molecule has 5 nitrogen and oxygen atoms in total. The first-order valence-electron chi connectivity index (χ1n) is 6.54. The third kappa shape index (κ3) is 3.53. The van der Waals surface area contributed by atoms with E-state index in [1.807, 2.05) is 0 Å². The summed E-state index contributed by atoms with van der Waals surface area (Å²) in [5.74, 6) is 0.279. The summed E-state index contributed by atoms with van der Waals surface area (Å²) in [5.41, 5.74) is 5.93. The molecule has 0 bridgehead atoms. The standard InChI is InChI=1S/C13H16Cl2N2O3/c14-9-6-8(17(18)19)7-10(15)13(9)20-12-5-3-1-2-4-11(12)16/h6-7,11-12H,1-5,16H2. The zero-order valence-corrected chi connectivity index (χ0v) is 12.4. The first-order valence-corrected chi connectivity index (χ1v) is 7.30. The van der Waals surface area contributed by atoms with Crippen LogP contribution in [0.5, 0.6) is 5.75 Å². The van der Waals surface area contributed by atoms with Crippen LogP contribution in [0.15, 0.2) is 12.1 Å². The lowest BCUT2D eigenvalue weighted by molar-refractivity contribution is -0.384. The van der Waals surface area contributed by atoms with Crippen LogP contribution in [-0.2, 0) is 0 Å². The smallest absolute Gasteiger partial charge is 0.272 e. The molecule has 1 saturated carbocycles. The van der Waals surface area contributed by atoms with Crippen molar-refractivity contribution in [1.82, 2.24) is 0 Å². The predicted molar refractivity (Wildman–Crippen MR) is 78.6 cm³/mol. The van der Waals surface area contributed by atoms with E-state index in [9.17, 15) is 10.1 Å². The molecule has 1 fully saturated rings. The van der Waals surface area contributed by atoms with E-state index in [1.54, 1.807) is 0 Å². The zero-order chi connectivity index (χ0) is 14.7. The third-order valence-electron chi connectivity index (χ3n) is 3.47. The minimum absolute atomic E-state index is 0.0696. The van der Waals surface area contributed by atoms with Gasteiger partial charge >= 0.3 is 0 Å². The summed E-state index contributed by atoms with van der Waals surface area (Å²) < 4.78 is 5.83. The first kappa shape index (κ1) is 15.4. The zero-order valence-electron chi connectivity index (χ0n) is 10.9. The van der Waals surface area contributed by atoms with Crippen molar-refractivity contribution < 1.29 is 9.66 Å². The molecule has 0 amide bonds. The molecule has 0 spiro atoms. The average Bonchev–Trinajstić information content (AvgIpc) is 2.58. The Morgan fingerprint density at radius 1 is 1.20 bits per heavy atom. The van der Waals surface area contributed by atoms with Crippen molar-refractivity contribution in [2.24, 2.45) is 5.73 Å². The van der Waals surface area contributed by atoms with Gasteiger partial charge in [-0.05, 0) is 19.3 Å². The van der Waals surface area contributed by atoms with Crippen LogP contribution in [0.4, 0.5) is 5.69 Å². The highest BCUT2D eigenvalue weighted by molar-refractivity contribution is 6.37. The van der Waals surface area contributed by atoms with Gasteiger partial charge in [0.2, 0.25) is 0 Å².